The van der Waals surface area contributed by atoms with Gasteiger partial charge in [0.1, 0.15) is 5.75 Å². The summed E-state index contributed by atoms with van der Waals surface area (Å²) in [6.07, 6.45) is 2.43. The van der Waals surface area contributed by atoms with Gasteiger partial charge in [0.2, 0.25) is 10.0 Å². The van der Waals surface area contributed by atoms with E-state index in [2.05, 4.69) is 10.6 Å². The van der Waals surface area contributed by atoms with E-state index < -0.39 is 10.0 Å². The number of ether oxygens (including phenoxy) is 1. The lowest BCUT2D eigenvalue weighted by molar-refractivity contribution is 0.245. The average molecular weight is 432 g/mol. The van der Waals surface area contributed by atoms with Crippen molar-refractivity contribution in [3.63, 3.8) is 0 Å². The molecule has 0 aliphatic carbocycles. The molecule has 0 saturated carbocycles. The van der Waals surface area contributed by atoms with E-state index in [1.54, 1.807) is 40.7 Å². The standard InChI is InChI=1S/C22H29N3O4S/c1-2-29-20-10-8-19(9-11-20)24-22(26)23-15-12-18-13-16-25(17-14-18)30(27,28)21-6-4-3-5-7-21/h3-11,18H,2,12-17H2,1H3,(H2,23,24,26). The predicted octanol–water partition coefficient (Wildman–Crippen LogP) is 3.70. The first-order valence-electron chi connectivity index (χ1n) is 10.3. The van der Waals surface area contributed by atoms with Crippen LogP contribution in [0, 0.1) is 5.92 Å². The van der Waals surface area contributed by atoms with Crippen molar-refractivity contribution in [2.24, 2.45) is 5.92 Å². The summed E-state index contributed by atoms with van der Waals surface area (Å²) < 4.78 is 32.3. The molecule has 2 amide bonds. The van der Waals surface area contributed by atoms with Crippen molar-refractivity contribution in [2.45, 2.75) is 31.1 Å². The lowest BCUT2D eigenvalue weighted by Crippen LogP contribution is -2.39. The van der Waals surface area contributed by atoms with Gasteiger partial charge in [-0.15, -0.1) is 0 Å². The Kier molecular flexibility index (Phi) is 7.70. The fraction of sp³-hybridized carbons (Fsp3) is 0.409. The van der Waals surface area contributed by atoms with E-state index in [0.29, 0.717) is 42.7 Å². The maximum absolute atomic E-state index is 12.7. The number of benzene rings is 2. The van der Waals surface area contributed by atoms with Crippen LogP contribution in [0.3, 0.4) is 0 Å². The van der Waals surface area contributed by atoms with E-state index in [-0.39, 0.29) is 6.03 Å². The number of hydrogen-bond donors (Lipinski definition) is 2. The van der Waals surface area contributed by atoms with E-state index >= 15 is 0 Å². The molecule has 0 spiro atoms. The quantitative estimate of drug-likeness (QED) is 0.667. The van der Waals surface area contributed by atoms with Gasteiger partial charge < -0.3 is 15.4 Å². The fourth-order valence-electron chi connectivity index (χ4n) is 3.55. The first kappa shape index (κ1) is 22.1. The minimum absolute atomic E-state index is 0.247. The van der Waals surface area contributed by atoms with Gasteiger partial charge in [0.05, 0.1) is 11.5 Å². The number of sulfonamides is 1. The van der Waals surface area contributed by atoms with Gasteiger partial charge in [-0.05, 0) is 68.5 Å². The second kappa shape index (κ2) is 10.4. The van der Waals surface area contributed by atoms with E-state index in [1.807, 2.05) is 25.1 Å². The van der Waals surface area contributed by atoms with Crippen LogP contribution in [-0.4, -0.2) is 45.0 Å². The molecule has 0 radical (unpaired) electrons. The third-order valence-electron chi connectivity index (χ3n) is 5.22. The van der Waals surface area contributed by atoms with Gasteiger partial charge in [-0.25, -0.2) is 13.2 Å². The number of rotatable bonds is 8. The number of carbonyl (C=O) groups excluding carboxylic acids is 1. The Labute approximate surface area is 178 Å². The molecule has 0 bridgehead atoms. The van der Waals surface area contributed by atoms with Crippen molar-refractivity contribution in [3.05, 3.63) is 54.6 Å². The zero-order valence-corrected chi connectivity index (χ0v) is 18.0. The van der Waals surface area contributed by atoms with Crippen molar-refractivity contribution >= 4 is 21.7 Å². The fourth-order valence-corrected chi connectivity index (χ4v) is 5.04. The number of nitrogens with zero attached hydrogens (tertiary/aromatic N) is 1. The number of nitrogens with one attached hydrogen (secondary N) is 2. The Bertz CT molecular complexity index is 909. The van der Waals surface area contributed by atoms with Crippen LogP contribution in [0.1, 0.15) is 26.2 Å². The van der Waals surface area contributed by atoms with E-state index in [0.717, 1.165) is 25.0 Å². The third-order valence-corrected chi connectivity index (χ3v) is 7.13. The lowest BCUT2D eigenvalue weighted by Gasteiger charge is -2.31. The molecule has 162 valence electrons. The van der Waals surface area contributed by atoms with Crippen molar-refractivity contribution < 1.29 is 17.9 Å². The molecule has 1 heterocycles. The minimum Gasteiger partial charge on any atom is -0.494 e. The zero-order valence-electron chi connectivity index (χ0n) is 17.2. The molecule has 0 unspecified atom stereocenters. The molecule has 1 fully saturated rings. The maximum atomic E-state index is 12.7. The van der Waals surface area contributed by atoms with Gasteiger partial charge in [-0.2, -0.15) is 4.31 Å². The molecular weight excluding hydrogens is 402 g/mol. The molecule has 30 heavy (non-hydrogen) atoms. The number of amides is 2. The van der Waals surface area contributed by atoms with Crippen LogP contribution >= 0.6 is 0 Å². The van der Waals surface area contributed by atoms with E-state index in [9.17, 15) is 13.2 Å². The third kappa shape index (κ3) is 5.96. The highest BCUT2D eigenvalue weighted by Crippen LogP contribution is 2.25. The van der Waals surface area contributed by atoms with Crippen molar-refractivity contribution in [1.82, 2.24) is 9.62 Å². The summed E-state index contributed by atoms with van der Waals surface area (Å²) in [6, 6.07) is 15.5. The molecule has 3 rings (SSSR count). The molecule has 0 aromatic heterocycles. The van der Waals surface area contributed by atoms with Gasteiger partial charge in [0.25, 0.3) is 0 Å². The highest BCUT2D eigenvalue weighted by Gasteiger charge is 2.29. The van der Waals surface area contributed by atoms with Crippen LogP contribution in [-0.2, 0) is 10.0 Å². The highest BCUT2D eigenvalue weighted by molar-refractivity contribution is 7.89. The van der Waals surface area contributed by atoms with E-state index in [1.165, 1.54) is 0 Å². The number of carbonyl (C=O) groups is 1. The second-order valence-electron chi connectivity index (χ2n) is 7.29. The highest BCUT2D eigenvalue weighted by atomic mass is 32.2. The van der Waals surface area contributed by atoms with Crippen LogP contribution in [0.25, 0.3) is 0 Å². The van der Waals surface area contributed by atoms with Crippen LogP contribution < -0.4 is 15.4 Å². The smallest absolute Gasteiger partial charge is 0.319 e. The zero-order chi connectivity index (χ0) is 21.4. The predicted molar refractivity (Wildman–Crippen MR) is 117 cm³/mol. The van der Waals surface area contributed by atoms with Crippen molar-refractivity contribution in [1.29, 1.82) is 0 Å². The van der Waals surface area contributed by atoms with Gasteiger partial charge in [-0.1, -0.05) is 18.2 Å². The Balaban J connectivity index is 1.38. The minimum atomic E-state index is -3.42. The summed E-state index contributed by atoms with van der Waals surface area (Å²) in [6.45, 7) is 4.11. The SMILES string of the molecule is CCOc1ccc(NC(=O)NCCC2CCN(S(=O)(=O)c3ccccc3)CC2)cc1. The molecule has 1 aliphatic heterocycles. The summed E-state index contributed by atoms with van der Waals surface area (Å²) >= 11 is 0. The molecule has 2 aromatic rings. The molecular formula is C22H29N3O4S. The summed E-state index contributed by atoms with van der Waals surface area (Å²) in [5.74, 6) is 1.17. The van der Waals surface area contributed by atoms with Crippen LogP contribution in [0.5, 0.6) is 5.75 Å². The monoisotopic (exact) mass is 431 g/mol. The molecule has 7 nitrogen and oxygen atoms in total. The summed E-state index contributed by atoms with van der Waals surface area (Å²) in [4.78, 5) is 12.4. The van der Waals surface area contributed by atoms with Crippen LogP contribution in [0.4, 0.5) is 10.5 Å². The normalized spacial score (nSPS) is 15.5. The van der Waals surface area contributed by atoms with Crippen molar-refractivity contribution in [3.8, 4) is 5.75 Å². The van der Waals surface area contributed by atoms with Crippen molar-refractivity contribution in [2.75, 3.05) is 31.6 Å². The first-order valence-corrected chi connectivity index (χ1v) is 11.8. The molecule has 1 saturated heterocycles. The summed E-state index contributed by atoms with van der Waals surface area (Å²) in [5, 5.41) is 5.67. The van der Waals surface area contributed by atoms with E-state index in [4.69, 9.17) is 4.74 Å². The lowest BCUT2D eigenvalue weighted by atomic mass is 9.95. The van der Waals surface area contributed by atoms with Gasteiger partial charge in [0, 0.05) is 25.3 Å². The number of anilines is 1. The first-order chi connectivity index (χ1) is 14.5. The topological polar surface area (TPSA) is 87.7 Å². The average Bonchev–Trinajstić information content (AvgIpc) is 2.76. The number of urea groups is 1. The Morgan fingerprint density at radius 2 is 1.73 bits per heavy atom. The number of hydrogen-bond acceptors (Lipinski definition) is 4. The Hall–Kier alpha value is -2.58. The maximum Gasteiger partial charge on any atom is 0.319 e. The summed E-state index contributed by atoms with van der Waals surface area (Å²) in [5.41, 5.74) is 0.704. The van der Waals surface area contributed by atoms with Gasteiger partial charge in [0.15, 0.2) is 0 Å². The largest absolute Gasteiger partial charge is 0.494 e. The Morgan fingerprint density at radius 3 is 2.37 bits per heavy atom. The van der Waals surface area contributed by atoms with Gasteiger partial charge in [-0.3, -0.25) is 0 Å². The van der Waals surface area contributed by atoms with Crippen LogP contribution in [0.2, 0.25) is 0 Å². The van der Waals surface area contributed by atoms with Gasteiger partial charge >= 0.3 is 6.03 Å². The Morgan fingerprint density at radius 1 is 1.07 bits per heavy atom. The molecule has 2 aromatic carbocycles. The second-order valence-corrected chi connectivity index (χ2v) is 9.23. The van der Waals surface area contributed by atoms with Crippen LogP contribution in [0.15, 0.2) is 59.5 Å². The molecule has 8 heteroatoms. The number of piperidine rings is 1. The summed E-state index contributed by atoms with van der Waals surface area (Å²) in [7, 11) is -3.42. The molecule has 0 atom stereocenters. The molecule has 2 N–H and O–H groups in total. The molecule has 1 aliphatic rings.